The average molecular weight is 576 g/mol. The van der Waals surface area contributed by atoms with Gasteiger partial charge in [-0.15, -0.1) is 0 Å². The number of hydrogen-bond acceptors (Lipinski definition) is 6. The lowest BCUT2D eigenvalue weighted by Gasteiger charge is -2.33. The SMILES string of the molecule is CC(C)C(NC(=O)C(C)N(C)C)C(=O)N1CCC2Oc3ccc(cc3)/C=C/NC(=O)C(Cc3ccccc3)NC(=O)C21. The van der Waals surface area contributed by atoms with Gasteiger partial charge in [0.05, 0.1) is 6.04 Å². The van der Waals surface area contributed by atoms with Gasteiger partial charge < -0.3 is 25.6 Å². The minimum atomic E-state index is -1.01. The molecule has 0 saturated carbocycles. The maximum Gasteiger partial charge on any atom is 0.247 e. The minimum absolute atomic E-state index is 0.228. The number of likely N-dealkylation sites (tertiary alicyclic amines) is 1. The Hall–Kier alpha value is -4.18. The number of fused-ring (bicyclic) bond motifs is 7. The molecule has 2 bridgehead atoms. The van der Waals surface area contributed by atoms with E-state index < -0.39 is 36.2 Å². The molecule has 3 aliphatic heterocycles. The molecule has 2 aromatic rings. The molecule has 2 aromatic carbocycles. The van der Waals surface area contributed by atoms with E-state index in [1.54, 1.807) is 50.3 Å². The van der Waals surface area contributed by atoms with Crippen LogP contribution in [0.5, 0.6) is 5.75 Å². The van der Waals surface area contributed by atoms with Crippen LogP contribution in [0.15, 0.2) is 60.8 Å². The first kappa shape index (κ1) is 30.8. The highest BCUT2D eigenvalue weighted by Crippen LogP contribution is 2.27. The van der Waals surface area contributed by atoms with E-state index in [1.165, 1.54) is 4.90 Å². The molecule has 0 aliphatic carbocycles. The Morgan fingerprint density at radius 3 is 2.36 bits per heavy atom. The second kappa shape index (κ2) is 13.7. The number of nitrogens with one attached hydrogen (secondary N) is 3. The van der Waals surface area contributed by atoms with Crippen molar-refractivity contribution in [1.82, 2.24) is 25.8 Å². The van der Waals surface area contributed by atoms with Crippen LogP contribution in [-0.2, 0) is 25.6 Å². The second-order valence-electron chi connectivity index (χ2n) is 11.5. The van der Waals surface area contributed by atoms with Crippen LogP contribution in [0.1, 0.15) is 38.3 Å². The number of nitrogens with zero attached hydrogens (tertiary/aromatic N) is 2. The Morgan fingerprint density at radius 2 is 1.71 bits per heavy atom. The molecule has 3 heterocycles. The van der Waals surface area contributed by atoms with E-state index in [-0.39, 0.29) is 36.6 Å². The summed E-state index contributed by atoms with van der Waals surface area (Å²) in [7, 11) is 3.59. The van der Waals surface area contributed by atoms with E-state index in [2.05, 4.69) is 16.0 Å². The quantitative estimate of drug-likeness (QED) is 0.464. The van der Waals surface area contributed by atoms with Gasteiger partial charge in [0.15, 0.2) is 0 Å². The molecule has 42 heavy (non-hydrogen) atoms. The smallest absolute Gasteiger partial charge is 0.247 e. The summed E-state index contributed by atoms with van der Waals surface area (Å²) in [6, 6.07) is 13.5. The highest BCUT2D eigenvalue weighted by Gasteiger charge is 2.46. The van der Waals surface area contributed by atoms with Gasteiger partial charge in [0, 0.05) is 25.6 Å². The van der Waals surface area contributed by atoms with Crippen molar-refractivity contribution < 1.29 is 23.9 Å². The number of carbonyl (C=O) groups excluding carboxylic acids is 4. The number of amides is 4. The molecule has 1 fully saturated rings. The van der Waals surface area contributed by atoms with Gasteiger partial charge in [-0.2, -0.15) is 0 Å². The van der Waals surface area contributed by atoms with Crippen molar-refractivity contribution in [3.63, 3.8) is 0 Å². The van der Waals surface area contributed by atoms with E-state index in [4.69, 9.17) is 4.74 Å². The van der Waals surface area contributed by atoms with Crippen molar-refractivity contribution in [3.8, 4) is 5.75 Å². The van der Waals surface area contributed by atoms with Crippen LogP contribution in [0, 0.1) is 5.92 Å². The molecule has 10 nitrogen and oxygen atoms in total. The Balaban J connectivity index is 1.66. The summed E-state index contributed by atoms with van der Waals surface area (Å²) in [5, 5.41) is 8.59. The van der Waals surface area contributed by atoms with Gasteiger partial charge in [-0.3, -0.25) is 24.1 Å². The Morgan fingerprint density at radius 1 is 1.02 bits per heavy atom. The highest BCUT2D eigenvalue weighted by molar-refractivity contribution is 5.96. The Bertz CT molecular complexity index is 1290. The molecule has 3 aliphatic rings. The third-order valence-corrected chi connectivity index (χ3v) is 7.86. The van der Waals surface area contributed by atoms with Crippen LogP contribution >= 0.6 is 0 Å². The lowest BCUT2D eigenvalue weighted by atomic mass is 10.0. The number of ether oxygens (including phenoxy) is 1. The molecule has 5 unspecified atom stereocenters. The van der Waals surface area contributed by atoms with Crippen LogP contribution in [0.4, 0.5) is 0 Å². The topological polar surface area (TPSA) is 120 Å². The number of benzene rings is 2. The second-order valence-corrected chi connectivity index (χ2v) is 11.5. The summed E-state index contributed by atoms with van der Waals surface area (Å²) < 4.78 is 6.28. The van der Waals surface area contributed by atoms with Gasteiger partial charge in [-0.05, 0) is 56.3 Å². The first-order chi connectivity index (χ1) is 20.0. The summed E-state index contributed by atoms with van der Waals surface area (Å²) in [5.74, 6) is -1.17. The van der Waals surface area contributed by atoms with Crippen LogP contribution in [0.2, 0.25) is 0 Å². The van der Waals surface area contributed by atoms with Crippen LogP contribution in [0.3, 0.4) is 0 Å². The molecular weight excluding hydrogens is 534 g/mol. The zero-order valence-electron chi connectivity index (χ0n) is 24.9. The summed E-state index contributed by atoms with van der Waals surface area (Å²) >= 11 is 0. The molecule has 4 amide bonds. The van der Waals surface area contributed by atoms with Crippen molar-refractivity contribution >= 4 is 29.7 Å². The molecule has 0 spiro atoms. The van der Waals surface area contributed by atoms with Crippen molar-refractivity contribution in [2.24, 2.45) is 5.92 Å². The fraction of sp³-hybridized carbons (Fsp3) is 0.438. The van der Waals surface area contributed by atoms with Crippen LogP contribution in [0.25, 0.3) is 6.08 Å². The van der Waals surface area contributed by atoms with Gasteiger partial charge in [-0.1, -0.05) is 56.3 Å². The van der Waals surface area contributed by atoms with Gasteiger partial charge >= 0.3 is 0 Å². The fourth-order valence-electron chi connectivity index (χ4n) is 5.11. The first-order valence-corrected chi connectivity index (χ1v) is 14.4. The van der Waals surface area contributed by atoms with Gasteiger partial charge in [0.1, 0.15) is 30.0 Å². The predicted molar refractivity (Wildman–Crippen MR) is 160 cm³/mol. The maximum atomic E-state index is 14.0. The summed E-state index contributed by atoms with van der Waals surface area (Å²) in [5.41, 5.74) is 1.74. The number of likely N-dealkylation sites (N-methyl/N-ethyl adjacent to an activating group) is 1. The fourth-order valence-corrected chi connectivity index (χ4v) is 5.11. The summed E-state index contributed by atoms with van der Waals surface area (Å²) in [4.78, 5) is 57.5. The molecule has 5 atom stereocenters. The highest BCUT2D eigenvalue weighted by atomic mass is 16.5. The van der Waals surface area contributed by atoms with E-state index in [1.807, 2.05) is 56.3 Å². The van der Waals surface area contributed by atoms with E-state index in [0.29, 0.717) is 12.2 Å². The van der Waals surface area contributed by atoms with Gasteiger partial charge in [0.2, 0.25) is 23.6 Å². The summed E-state index contributed by atoms with van der Waals surface area (Å²) in [6.45, 7) is 5.74. The molecular formula is C32H41N5O5. The number of hydrogen-bond donors (Lipinski definition) is 3. The first-order valence-electron chi connectivity index (χ1n) is 14.4. The maximum absolute atomic E-state index is 14.0. The van der Waals surface area contributed by atoms with Crippen molar-refractivity contribution in [2.45, 2.75) is 63.9 Å². The summed E-state index contributed by atoms with van der Waals surface area (Å²) in [6.07, 6.45) is 3.34. The Kier molecular flexibility index (Phi) is 10.0. The molecule has 1 saturated heterocycles. The zero-order valence-corrected chi connectivity index (χ0v) is 24.9. The molecule has 10 heteroatoms. The number of carbonyl (C=O) groups is 4. The molecule has 0 aromatic heterocycles. The van der Waals surface area contributed by atoms with E-state index in [9.17, 15) is 19.2 Å². The average Bonchev–Trinajstić information content (AvgIpc) is 3.39. The molecule has 0 radical (unpaired) electrons. The molecule has 5 rings (SSSR count). The minimum Gasteiger partial charge on any atom is -0.488 e. The lowest BCUT2D eigenvalue weighted by molar-refractivity contribution is -0.144. The molecule has 3 N–H and O–H groups in total. The Labute approximate surface area is 247 Å². The van der Waals surface area contributed by atoms with E-state index >= 15 is 0 Å². The largest absolute Gasteiger partial charge is 0.488 e. The van der Waals surface area contributed by atoms with Gasteiger partial charge in [0.25, 0.3) is 0 Å². The normalized spacial score (nSPS) is 22.8. The number of rotatable bonds is 7. The van der Waals surface area contributed by atoms with Crippen LogP contribution < -0.4 is 20.7 Å². The third-order valence-electron chi connectivity index (χ3n) is 7.86. The standard InChI is InChI=1S/C32H41N5O5/c1-20(2)27(35-29(38)21(3)36(4)5)32(41)37-18-16-26-28(37)31(40)34-25(19-23-9-7-6-8-10-23)30(39)33-17-15-22-11-13-24(42-26)14-12-22/h6-15,17,20-21,25-28H,16,18-19H2,1-5H3,(H,33,39)(H,34,40)(H,35,38)/b17-15+. The van der Waals surface area contributed by atoms with Crippen LogP contribution in [-0.4, -0.2) is 84.3 Å². The molecule has 224 valence electrons. The van der Waals surface area contributed by atoms with Crippen molar-refractivity contribution in [2.75, 3.05) is 20.6 Å². The van der Waals surface area contributed by atoms with Gasteiger partial charge in [-0.25, -0.2) is 0 Å². The zero-order chi connectivity index (χ0) is 30.4. The van der Waals surface area contributed by atoms with E-state index in [0.717, 1.165) is 11.1 Å². The predicted octanol–water partition coefficient (Wildman–Crippen LogP) is 1.95. The van der Waals surface area contributed by atoms with Crippen molar-refractivity contribution in [3.05, 3.63) is 71.9 Å². The monoisotopic (exact) mass is 575 g/mol. The third kappa shape index (κ3) is 7.36. The lowest BCUT2D eigenvalue weighted by Crippen LogP contribution is -2.60. The van der Waals surface area contributed by atoms with Crippen molar-refractivity contribution in [1.29, 1.82) is 0 Å².